The quantitative estimate of drug-likeness (QED) is 0.580. The third-order valence-electron chi connectivity index (χ3n) is 2.78. The minimum absolute atomic E-state index is 0. The van der Waals surface area contributed by atoms with Crippen LogP contribution < -0.4 is 0 Å². The van der Waals surface area contributed by atoms with E-state index in [1.54, 1.807) is 0 Å². The Hall–Kier alpha value is -0.856. The molecule has 0 saturated heterocycles. The Labute approximate surface area is 120 Å². The fourth-order valence-electron chi connectivity index (χ4n) is 2.03. The zero-order valence-corrected chi connectivity index (χ0v) is 12.0. The monoisotopic (exact) mass is 284 g/mol. The van der Waals surface area contributed by atoms with Crippen LogP contribution in [0.15, 0.2) is 36.5 Å². The van der Waals surface area contributed by atoms with E-state index in [1.165, 1.54) is 10.9 Å². The van der Waals surface area contributed by atoms with Crippen molar-refractivity contribution in [2.24, 2.45) is 0 Å². The fraction of sp³-hybridized carbons (Fsp3) is 0.0769. The number of nitrogens with zero attached hydrogens (tertiary/aromatic N) is 2. The summed E-state index contributed by atoms with van der Waals surface area (Å²) in [7, 11) is 4.04. The molecule has 2 aromatic heterocycles. The van der Waals surface area contributed by atoms with Crippen molar-refractivity contribution in [2.45, 2.75) is 6.92 Å². The number of hydrogen-bond acceptors (Lipinski definition) is 1. The molecule has 0 unspecified atom stereocenters. The van der Waals surface area contributed by atoms with Crippen LogP contribution in [0.25, 0.3) is 21.9 Å². The summed E-state index contributed by atoms with van der Waals surface area (Å²) in [5, 5.41) is 1.18. The van der Waals surface area contributed by atoms with Crippen LogP contribution in [-0.4, -0.2) is 9.55 Å². The van der Waals surface area contributed by atoms with Gasteiger partial charge in [0.2, 0.25) is 0 Å². The van der Waals surface area contributed by atoms with E-state index < -0.39 is 0 Å². The van der Waals surface area contributed by atoms with E-state index in [4.69, 9.17) is 0 Å². The molecule has 1 aromatic carbocycles. The van der Waals surface area contributed by atoms with E-state index in [0.29, 0.717) is 0 Å². The molecule has 0 atom stereocenters. The maximum atomic E-state index is 4.41. The molecular formula is C13H11N2Y-. The average molecular weight is 284 g/mol. The van der Waals surface area contributed by atoms with Gasteiger partial charge in [-0.2, -0.15) is 0 Å². The van der Waals surface area contributed by atoms with Gasteiger partial charge in [0.25, 0.3) is 0 Å². The van der Waals surface area contributed by atoms with E-state index in [2.05, 4.69) is 37.2 Å². The van der Waals surface area contributed by atoms with Crippen LogP contribution in [0, 0.1) is 14.0 Å². The molecule has 3 heteroatoms. The minimum Gasteiger partial charge on any atom is -0.479 e. The summed E-state index contributed by atoms with van der Waals surface area (Å²) in [5.74, 6) is 0. The standard InChI is InChI=1S/C13H11N2.Y/c1-9-5-6-11-10(8-9)13-12(15(11)2)4-3-7-14-13;/h3-8H,2H2,1H3;/q-1;. The number of aromatic nitrogens is 2. The number of pyridine rings is 1. The summed E-state index contributed by atoms with van der Waals surface area (Å²) in [6.07, 6.45) is 1.82. The van der Waals surface area contributed by atoms with Gasteiger partial charge in [-0.15, -0.1) is 7.05 Å². The number of hydrogen-bond donors (Lipinski definition) is 0. The molecule has 2 heterocycles. The summed E-state index contributed by atoms with van der Waals surface area (Å²) in [6, 6.07) is 10.3. The molecule has 0 N–H and O–H groups in total. The van der Waals surface area contributed by atoms with Crippen molar-refractivity contribution in [3.63, 3.8) is 0 Å². The molecular weight excluding hydrogens is 273 g/mol. The Bertz CT molecular complexity index is 655. The van der Waals surface area contributed by atoms with Crippen LogP contribution in [0.5, 0.6) is 0 Å². The molecule has 0 saturated carbocycles. The number of benzene rings is 1. The van der Waals surface area contributed by atoms with E-state index >= 15 is 0 Å². The Morgan fingerprint density at radius 2 is 2.00 bits per heavy atom. The Morgan fingerprint density at radius 3 is 2.81 bits per heavy atom. The van der Waals surface area contributed by atoms with Gasteiger partial charge in [-0.25, -0.2) is 0 Å². The smallest absolute Gasteiger partial charge is 0.0286 e. The second kappa shape index (κ2) is 4.19. The molecule has 1 radical (unpaired) electrons. The Balaban J connectivity index is 0.000000963. The van der Waals surface area contributed by atoms with Gasteiger partial charge in [-0.1, -0.05) is 41.4 Å². The van der Waals surface area contributed by atoms with Crippen LogP contribution in [-0.2, 0) is 32.7 Å². The molecule has 3 rings (SSSR count). The topological polar surface area (TPSA) is 17.8 Å². The van der Waals surface area contributed by atoms with Crippen molar-refractivity contribution >= 4 is 21.9 Å². The van der Waals surface area contributed by atoms with Crippen LogP contribution in [0.4, 0.5) is 0 Å². The zero-order chi connectivity index (χ0) is 10.4. The SMILES string of the molecule is [CH2-]n1c2ccc(C)cc2c2ncccc21.[Y]. The van der Waals surface area contributed by atoms with E-state index in [-0.39, 0.29) is 32.7 Å². The van der Waals surface area contributed by atoms with Crippen LogP contribution >= 0.6 is 0 Å². The van der Waals surface area contributed by atoms with Gasteiger partial charge in [0.05, 0.1) is 0 Å². The summed E-state index contributed by atoms with van der Waals surface area (Å²) in [5.41, 5.74) is 4.50. The fourth-order valence-corrected chi connectivity index (χ4v) is 2.03. The minimum atomic E-state index is 0. The second-order valence-electron chi connectivity index (χ2n) is 3.82. The number of rotatable bonds is 0. The predicted molar refractivity (Wildman–Crippen MR) is 62.7 cm³/mol. The third-order valence-corrected chi connectivity index (χ3v) is 2.78. The summed E-state index contributed by atoms with van der Waals surface area (Å²) >= 11 is 0. The van der Waals surface area contributed by atoms with Gasteiger partial charge in [-0.3, -0.25) is 4.98 Å². The third kappa shape index (κ3) is 1.57. The molecule has 0 aliphatic heterocycles. The molecule has 0 amide bonds. The molecule has 3 aromatic rings. The molecule has 0 aliphatic carbocycles. The molecule has 0 bridgehead atoms. The van der Waals surface area contributed by atoms with Gasteiger partial charge in [0.15, 0.2) is 0 Å². The van der Waals surface area contributed by atoms with Gasteiger partial charge in [0, 0.05) is 44.4 Å². The molecule has 0 fully saturated rings. The summed E-state index contributed by atoms with van der Waals surface area (Å²) < 4.78 is 1.94. The summed E-state index contributed by atoms with van der Waals surface area (Å²) in [4.78, 5) is 4.41. The van der Waals surface area contributed by atoms with E-state index in [0.717, 1.165) is 16.6 Å². The first kappa shape index (κ1) is 11.6. The second-order valence-corrected chi connectivity index (χ2v) is 3.82. The van der Waals surface area contributed by atoms with Crippen LogP contribution in [0.1, 0.15) is 5.56 Å². The van der Waals surface area contributed by atoms with Crippen molar-refractivity contribution in [2.75, 3.05) is 0 Å². The Morgan fingerprint density at radius 1 is 1.19 bits per heavy atom. The molecule has 0 aliphatic rings. The van der Waals surface area contributed by atoms with Gasteiger partial charge >= 0.3 is 0 Å². The van der Waals surface area contributed by atoms with Crippen molar-refractivity contribution in [1.29, 1.82) is 0 Å². The van der Waals surface area contributed by atoms with E-state index in [1.807, 2.05) is 22.9 Å². The van der Waals surface area contributed by atoms with E-state index in [9.17, 15) is 0 Å². The normalized spacial score (nSPS) is 10.6. The maximum absolute atomic E-state index is 4.41. The first-order chi connectivity index (χ1) is 7.27. The predicted octanol–water partition coefficient (Wildman–Crippen LogP) is 3.14. The first-order valence-corrected chi connectivity index (χ1v) is 4.94. The first-order valence-electron chi connectivity index (χ1n) is 4.94. The number of aryl methyl sites for hydroxylation is 1. The van der Waals surface area contributed by atoms with Gasteiger partial charge in [-0.05, 0) is 17.8 Å². The van der Waals surface area contributed by atoms with Crippen molar-refractivity contribution in [1.82, 2.24) is 9.55 Å². The maximum Gasteiger partial charge on any atom is 0.0286 e. The van der Waals surface area contributed by atoms with Crippen molar-refractivity contribution < 1.29 is 32.7 Å². The van der Waals surface area contributed by atoms with Gasteiger partial charge in [0.1, 0.15) is 0 Å². The molecule has 16 heavy (non-hydrogen) atoms. The van der Waals surface area contributed by atoms with Crippen molar-refractivity contribution in [3.8, 4) is 0 Å². The molecule has 0 spiro atoms. The largest absolute Gasteiger partial charge is 0.479 e. The van der Waals surface area contributed by atoms with Gasteiger partial charge < -0.3 is 4.57 Å². The Kier molecular flexibility index (Phi) is 3.05. The molecule has 2 nitrogen and oxygen atoms in total. The summed E-state index contributed by atoms with van der Waals surface area (Å²) in [6.45, 7) is 2.09. The van der Waals surface area contributed by atoms with Crippen molar-refractivity contribution in [3.05, 3.63) is 49.1 Å². The molecule has 77 valence electrons. The zero-order valence-electron chi connectivity index (χ0n) is 9.14. The average Bonchev–Trinajstić information content (AvgIpc) is 2.54. The van der Waals surface area contributed by atoms with Crippen LogP contribution in [0.3, 0.4) is 0 Å². The number of fused-ring (bicyclic) bond motifs is 3. The van der Waals surface area contributed by atoms with Crippen LogP contribution in [0.2, 0.25) is 0 Å².